The van der Waals surface area contributed by atoms with Gasteiger partial charge < -0.3 is 20.3 Å². The third-order valence-corrected chi connectivity index (χ3v) is 4.63. The lowest BCUT2D eigenvalue weighted by Gasteiger charge is -2.33. The predicted octanol–water partition coefficient (Wildman–Crippen LogP) is 1.59. The summed E-state index contributed by atoms with van der Waals surface area (Å²) < 4.78 is 5.16. The number of nitrogens with zero attached hydrogens (tertiary/aromatic N) is 2. The van der Waals surface area contributed by atoms with E-state index in [0.717, 1.165) is 25.8 Å². The van der Waals surface area contributed by atoms with Crippen LogP contribution in [0.25, 0.3) is 0 Å². The Kier molecular flexibility index (Phi) is 9.31. The van der Waals surface area contributed by atoms with Gasteiger partial charge in [-0.2, -0.15) is 0 Å². The second-order valence-corrected chi connectivity index (χ2v) is 6.79. The first-order valence-corrected chi connectivity index (χ1v) is 10.1. The molecule has 1 saturated heterocycles. The fourth-order valence-electron chi connectivity index (χ4n) is 3.24. The highest BCUT2D eigenvalue weighted by atomic mass is 16.5. The van der Waals surface area contributed by atoms with Crippen molar-refractivity contribution >= 4 is 17.8 Å². The van der Waals surface area contributed by atoms with Crippen LogP contribution in [0.4, 0.5) is 0 Å². The van der Waals surface area contributed by atoms with Crippen molar-refractivity contribution in [3.05, 3.63) is 35.9 Å². The molecule has 7 nitrogen and oxygen atoms in total. The van der Waals surface area contributed by atoms with Gasteiger partial charge in [-0.25, -0.2) is 4.99 Å². The molecule has 1 aliphatic rings. The molecule has 0 aliphatic carbocycles. The first-order valence-electron chi connectivity index (χ1n) is 10.1. The van der Waals surface area contributed by atoms with E-state index in [9.17, 15) is 9.59 Å². The molecule has 1 heterocycles. The van der Waals surface area contributed by atoms with Crippen molar-refractivity contribution in [2.24, 2.45) is 10.9 Å². The monoisotopic (exact) mass is 388 g/mol. The van der Waals surface area contributed by atoms with Gasteiger partial charge >= 0.3 is 5.97 Å². The van der Waals surface area contributed by atoms with Crippen LogP contribution in [0.3, 0.4) is 0 Å². The van der Waals surface area contributed by atoms with Gasteiger partial charge in [0.25, 0.3) is 0 Å². The van der Waals surface area contributed by atoms with Crippen LogP contribution in [0.5, 0.6) is 0 Å². The Morgan fingerprint density at radius 2 is 2.00 bits per heavy atom. The minimum Gasteiger partial charge on any atom is -0.466 e. The molecule has 7 heteroatoms. The van der Waals surface area contributed by atoms with Crippen molar-refractivity contribution < 1.29 is 14.3 Å². The smallest absolute Gasteiger partial charge is 0.310 e. The van der Waals surface area contributed by atoms with Crippen molar-refractivity contribution in [3.8, 4) is 0 Å². The molecule has 1 aromatic carbocycles. The highest BCUT2D eigenvalue weighted by Crippen LogP contribution is 2.18. The molecular formula is C21H32N4O3. The number of carbonyl (C=O) groups excluding carboxylic acids is 2. The van der Waals surface area contributed by atoms with E-state index in [4.69, 9.17) is 4.74 Å². The lowest BCUT2D eigenvalue weighted by atomic mass is 9.98. The summed E-state index contributed by atoms with van der Waals surface area (Å²) in [5, 5.41) is 6.13. The lowest BCUT2D eigenvalue weighted by Crippen LogP contribution is -2.48. The summed E-state index contributed by atoms with van der Waals surface area (Å²) in [4.78, 5) is 30.7. The Hall–Kier alpha value is -2.57. The lowest BCUT2D eigenvalue weighted by molar-refractivity contribution is -0.149. The number of benzene rings is 1. The summed E-state index contributed by atoms with van der Waals surface area (Å²) in [6.45, 7) is 6.95. The molecule has 0 spiro atoms. The zero-order valence-corrected chi connectivity index (χ0v) is 16.9. The van der Waals surface area contributed by atoms with E-state index in [0.29, 0.717) is 32.2 Å². The summed E-state index contributed by atoms with van der Waals surface area (Å²) >= 11 is 0. The van der Waals surface area contributed by atoms with Gasteiger partial charge in [0.2, 0.25) is 5.91 Å². The van der Waals surface area contributed by atoms with Crippen molar-refractivity contribution in [2.45, 2.75) is 33.1 Å². The van der Waals surface area contributed by atoms with E-state index in [1.54, 1.807) is 0 Å². The first kappa shape index (κ1) is 21.7. The summed E-state index contributed by atoms with van der Waals surface area (Å²) in [5.74, 6) is 0.277. The van der Waals surface area contributed by atoms with Gasteiger partial charge in [-0.15, -0.1) is 0 Å². The minimum absolute atomic E-state index is 0.0672. The molecule has 2 rings (SSSR count). The van der Waals surface area contributed by atoms with Crippen molar-refractivity contribution in [3.63, 3.8) is 0 Å². The fourth-order valence-corrected chi connectivity index (χ4v) is 3.24. The van der Waals surface area contributed by atoms with E-state index < -0.39 is 0 Å². The van der Waals surface area contributed by atoms with Crippen molar-refractivity contribution in [2.75, 3.05) is 39.3 Å². The number of amides is 1. The zero-order valence-electron chi connectivity index (χ0n) is 16.9. The van der Waals surface area contributed by atoms with E-state index in [1.807, 2.05) is 49.1 Å². The number of hydrogen-bond donors (Lipinski definition) is 2. The Balaban J connectivity index is 1.84. The molecule has 1 amide bonds. The van der Waals surface area contributed by atoms with Crippen LogP contribution in [0, 0.1) is 5.92 Å². The number of guanidine groups is 1. The number of ether oxygens (including phenoxy) is 1. The molecule has 1 fully saturated rings. The molecular weight excluding hydrogens is 356 g/mol. The van der Waals surface area contributed by atoms with Crippen LogP contribution in [0.15, 0.2) is 35.3 Å². The molecule has 1 unspecified atom stereocenters. The number of esters is 1. The molecule has 1 aliphatic heterocycles. The van der Waals surface area contributed by atoms with Crippen LogP contribution in [0.1, 0.15) is 32.3 Å². The fraction of sp³-hybridized carbons (Fsp3) is 0.571. The van der Waals surface area contributed by atoms with Gasteiger partial charge in [0.15, 0.2) is 5.96 Å². The maximum Gasteiger partial charge on any atom is 0.310 e. The number of piperidine rings is 1. The molecule has 0 bridgehead atoms. The Morgan fingerprint density at radius 1 is 1.21 bits per heavy atom. The van der Waals surface area contributed by atoms with Gasteiger partial charge in [0.1, 0.15) is 6.54 Å². The first-order chi connectivity index (χ1) is 13.6. The van der Waals surface area contributed by atoms with E-state index in [1.165, 1.54) is 5.56 Å². The minimum atomic E-state index is -0.151. The molecule has 2 N–H and O–H groups in total. The van der Waals surface area contributed by atoms with Crippen molar-refractivity contribution in [1.82, 2.24) is 15.5 Å². The van der Waals surface area contributed by atoms with Crippen LogP contribution in [-0.4, -0.2) is 62.1 Å². The van der Waals surface area contributed by atoms with E-state index >= 15 is 0 Å². The third-order valence-electron chi connectivity index (χ3n) is 4.63. The Labute approximate surface area is 167 Å². The Bertz CT molecular complexity index is 648. The maximum absolute atomic E-state index is 12.1. The second kappa shape index (κ2) is 12.0. The normalized spacial score (nSPS) is 17.1. The van der Waals surface area contributed by atoms with Gasteiger partial charge in [-0.05, 0) is 38.7 Å². The summed E-state index contributed by atoms with van der Waals surface area (Å²) in [5.41, 5.74) is 1.19. The van der Waals surface area contributed by atoms with E-state index in [-0.39, 0.29) is 24.3 Å². The SMILES string of the molecule is CCNC(=NCC(=O)NCCc1ccccc1)N1CCCC(C(=O)OCC)C1. The molecule has 28 heavy (non-hydrogen) atoms. The predicted molar refractivity (Wildman–Crippen MR) is 110 cm³/mol. The zero-order chi connectivity index (χ0) is 20.2. The van der Waals surface area contributed by atoms with Crippen LogP contribution in [0.2, 0.25) is 0 Å². The van der Waals surface area contributed by atoms with Gasteiger partial charge in [0.05, 0.1) is 12.5 Å². The second-order valence-electron chi connectivity index (χ2n) is 6.79. The number of rotatable bonds is 8. The average Bonchev–Trinajstić information content (AvgIpc) is 2.72. The van der Waals surface area contributed by atoms with Gasteiger partial charge in [-0.1, -0.05) is 30.3 Å². The summed E-state index contributed by atoms with van der Waals surface area (Å²) in [7, 11) is 0. The number of likely N-dealkylation sites (tertiary alicyclic amines) is 1. The topological polar surface area (TPSA) is 83.0 Å². The quantitative estimate of drug-likeness (QED) is 0.401. The third kappa shape index (κ3) is 7.21. The van der Waals surface area contributed by atoms with Gasteiger partial charge in [-0.3, -0.25) is 9.59 Å². The number of hydrogen-bond acceptors (Lipinski definition) is 4. The molecule has 154 valence electrons. The molecule has 0 saturated carbocycles. The van der Waals surface area contributed by atoms with E-state index in [2.05, 4.69) is 15.6 Å². The average molecular weight is 389 g/mol. The summed E-state index contributed by atoms with van der Waals surface area (Å²) in [6, 6.07) is 10.1. The largest absolute Gasteiger partial charge is 0.466 e. The standard InChI is InChI=1S/C21H32N4O3/c1-3-22-21(25-14-8-11-18(16-25)20(27)28-4-2)24-15-19(26)23-13-12-17-9-6-5-7-10-17/h5-7,9-10,18H,3-4,8,11-16H2,1-2H3,(H,22,24)(H,23,26). The van der Waals surface area contributed by atoms with Crippen LogP contribution >= 0.6 is 0 Å². The van der Waals surface area contributed by atoms with Crippen LogP contribution in [-0.2, 0) is 20.7 Å². The molecule has 0 aromatic heterocycles. The maximum atomic E-state index is 12.1. The molecule has 1 atom stereocenters. The summed E-state index contributed by atoms with van der Waals surface area (Å²) in [6.07, 6.45) is 2.52. The number of aliphatic imine (C=N–C) groups is 1. The highest BCUT2D eigenvalue weighted by Gasteiger charge is 2.28. The Morgan fingerprint density at radius 3 is 2.71 bits per heavy atom. The number of carbonyl (C=O) groups is 2. The van der Waals surface area contributed by atoms with Gasteiger partial charge in [0, 0.05) is 26.2 Å². The molecule has 1 aromatic rings. The number of nitrogens with one attached hydrogen (secondary N) is 2. The van der Waals surface area contributed by atoms with Crippen LogP contribution < -0.4 is 10.6 Å². The highest BCUT2D eigenvalue weighted by molar-refractivity contribution is 5.85. The molecule has 0 radical (unpaired) electrons. The van der Waals surface area contributed by atoms with Crippen molar-refractivity contribution in [1.29, 1.82) is 0 Å².